The van der Waals surface area contributed by atoms with Gasteiger partial charge in [0.1, 0.15) is 17.1 Å². The lowest BCUT2D eigenvalue weighted by atomic mass is 9.92. The van der Waals surface area contributed by atoms with Crippen LogP contribution in [0.1, 0.15) is 24.0 Å². The Bertz CT molecular complexity index is 559. The normalized spacial score (nSPS) is 13.8. The van der Waals surface area contributed by atoms with Crippen molar-refractivity contribution in [2.24, 2.45) is 5.73 Å². The highest BCUT2D eigenvalue weighted by atomic mass is 16.3. The van der Waals surface area contributed by atoms with Crippen molar-refractivity contribution in [2.75, 3.05) is 0 Å². The van der Waals surface area contributed by atoms with Crippen molar-refractivity contribution >= 4 is 5.91 Å². The molecule has 1 aromatic heterocycles. The Morgan fingerprint density at radius 1 is 1.26 bits per heavy atom. The van der Waals surface area contributed by atoms with Crippen LogP contribution in [0.5, 0.6) is 0 Å². The molecule has 1 amide bonds. The number of furan rings is 1. The van der Waals surface area contributed by atoms with E-state index in [2.05, 4.69) is 5.32 Å². The Labute approximate surface area is 112 Å². The fraction of sp³-hybridized carbons (Fsp3) is 0.267. The molecule has 0 aliphatic carbocycles. The molecule has 4 nitrogen and oxygen atoms in total. The van der Waals surface area contributed by atoms with Crippen molar-refractivity contribution in [3.63, 3.8) is 0 Å². The number of nitrogens with one attached hydrogen (secondary N) is 1. The minimum atomic E-state index is -1.05. The third-order valence-electron chi connectivity index (χ3n) is 3.06. The number of hydrogen-bond acceptors (Lipinski definition) is 3. The smallest absolute Gasteiger partial charge is 0.244 e. The Balaban J connectivity index is 2.03. The van der Waals surface area contributed by atoms with Crippen LogP contribution in [-0.4, -0.2) is 5.91 Å². The van der Waals surface area contributed by atoms with Crippen LogP contribution in [0.2, 0.25) is 0 Å². The highest BCUT2D eigenvalue weighted by Gasteiger charge is 2.30. The minimum absolute atomic E-state index is 0.229. The van der Waals surface area contributed by atoms with Gasteiger partial charge in [0, 0.05) is 0 Å². The zero-order chi connectivity index (χ0) is 13.9. The average Bonchev–Trinajstić information content (AvgIpc) is 2.82. The van der Waals surface area contributed by atoms with Gasteiger partial charge in [-0.15, -0.1) is 0 Å². The van der Waals surface area contributed by atoms with E-state index in [0.717, 1.165) is 17.1 Å². The second-order valence-electron chi connectivity index (χ2n) is 4.76. The highest BCUT2D eigenvalue weighted by Crippen LogP contribution is 2.17. The van der Waals surface area contributed by atoms with Crippen molar-refractivity contribution in [1.82, 2.24) is 5.32 Å². The molecule has 0 aliphatic heterocycles. The van der Waals surface area contributed by atoms with Crippen molar-refractivity contribution in [2.45, 2.75) is 25.9 Å². The maximum atomic E-state index is 12.2. The molecule has 0 spiro atoms. The SMILES string of the molecule is Cc1ccc(CNC(=O)C(C)(N)c2ccccc2)o1. The fourth-order valence-corrected chi connectivity index (χ4v) is 1.85. The lowest BCUT2D eigenvalue weighted by molar-refractivity contribution is -0.126. The highest BCUT2D eigenvalue weighted by molar-refractivity contribution is 5.86. The van der Waals surface area contributed by atoms with Gasteiger partial charge in [-0.05, 0) is 31.5 Å². The number of hydrogen-bond donors (Lipinski definition) is 2. The van der Waals surface area contributed by atoms with Gasteiger partial charge in [0.05, 0.1) is 6.54 Å². The molecular weight excluding hydrogens is 240 g/mol. The summed E-state index contributed by atoms with van der Waals surface area (Å²) in [6, 6.07) is 13.0. The first-order valence-corrected chi connectivity index (χ1v) is 6.18. The van der Waals surface area contributed by atoms with E-state index in [1.54, 1.807) is 6.92 Å². The first kappa shape index (κ1) is 13.4. The molecule has 0 radical (unpaired) electrons. The van der Waals surface area contributed by atoms with Crippen LogP contribution >= 0.6 is 0 Å². The molecule has 1 unspecified atom stereocenters. The van der Waals surface area contributed by atoms with Crippen molar-refractivity contribution in [1.29, 1.82) is 0 Å². The Kier molecular flexibility index (Phi) is 3.71. The van der Waals surface area contributed by atoms with Gasteiger partial charge in [0.25, 0.3) is 0 Å². The number of rotatable bonds is 4. The molecule has 1 heterocycles. The summed E-state index contributed by atoms with van der Waals surface area (Å²) in [6.07, 6.45) is 0. The zero-order valence-corrected chi connectivity index (χ0v) is 11.1. The molecule has 19 heavy (non-hydrogen) atoms. The average molecular weight is 258 g/mol. The van der Waals surface area contributed by atoms with Crippen LogP contribution in [0.4, 0.5) is 0 Å². The number of carbonyl (C=O) groups excluding carboxylic acids is 1. The van der Waals surface area contributed by atoms with Gasteiger partial charge in [-0.1, -0.05) is 30.3 Å². The van der Waals surface area contributed by atoms with Crippen molar-refractivity contribution in [3.8, 4) is 0 Å². The molecular formula is C15H18N2O2. The van der Waals surface area contributed by atoms with Crippen molar-refractivity contribution < 1.29 is 9.21 Å². The molecule has 2 rings (SSSR count). The predicted molar refractivity (Wildman–Crippen MR) is 73.3 cm³/mol. The topological polar surface area (TPSA) is 68.3 Å². The zero-order valence-electron chi connectivity index (χ0n) is 11.1. The largest absolute Gasteiger partial charge is 0.465 e. The van der Waals surface area contributed by atoms with Gasteiger partial charge in [-0.2, -0.15) is 0 Å². The van der Waals surface area contributed by atoms with Crippen molar-refractivity contribution in [3.05, 3.63) is 59.5 Å². The lowest BCUT2D eigenvalue weighted by Gasteiger charge is -2.23. The summed E-state index contributed by atoms with van der Waals surface area (Å²) in [5.74, 6) is 1.31. The van der Waals surface area contributed by atoms with E-state index in [1.807, 2.05) is 49.4 Å². The maximum absolute atomic E-state index is 12.2. The van der Waals surface area contributed by atoms with Gasteiger partial charge in [0.15, 0.2) is 0 Å². The molecule has 0 fully saturated rings. The number of benzene rings is 1. The molecule has 100 valence electrons. The van der Waals surface area contributed by atoms with E-state index in [4.69, 9.17) is 10.2 Å². The van der Waals surface area contributed by atoms with Crippen LogP contribution in [0.25, 0.3) is 0 Å². The molecule has 2 aromatic rings. The van der Waals surface area contributed by atoms with E-state index in [9.17, 15) is 4.79 Å². The third-order valence-corrected chi connectivity index (χ3v) is 3.06. The lowest BCUT2D eigenvalue weighted by Crippen LogP contribution is -2.48. The first-order chi connectivity index (χ1) is 9.00. The molecule has 0 saturated heterocycles. The number of carbonyl (C=O) groups is 1. The number of amides is 1. The van der Waals surface area contributed by atoms with Crippen LogP contribution < -0.4 is 11.1 Å². The summed E-state index contributed by atoms with van der Waals surface area (Å²) < 4.78 is 5.40. The Morgan fingerprint density at radius 3 is 2.53 bits per heavy atom. The molecule has 1 atom stereocenters. The summed E-state index contributed by atoms with van der Waals surface area (Å²) >= 11 is 0. The number of aryl methyl sites for hydroxylation is 1. The standard InChI is InChI=1S/C15H18N2O2/c1-11-8-9-13(19-11)10-17-14(18)15(2,16)12-6-4-3-5-7-12/h3-9H,10,16H2,1-2H3,(H,17,18). The second kappa shape index (κ2) is 5.28. The third kappa shape index (κ3) is 3.03. The van der Waals surface area contributed by atoms with Gasteiger partial charge < -0.3 is 15.5 Å². The molecule has 1 aromatic carbocycles. The molecule has 4 heteroatoms. The van der Waals surface area contributed by atoms with Gasteiger partial charge in [0.2, 0.25) is 5.91 Å². The quantitative estimate of drug-likeness (QED) is 0.882. The van der Waals surface area contributed by atoms with E-state index < -0.39 is 5.54 Å². The maximum Gasteiger partial charge on any atom is 0.244 e. The molecule has 0 bridgehead atoms. The van der Waals surface area contributed by atoms with Crippen LogP contribution in [-0.2, 0) is 16.9 Å². The summed E-state index contributed by atoms with van der Waals surface area (Å²) in [4.78, 5) is 12.2. The van der Waals surface area contributed by atoms with Gasteiger partial charge in [-0.25, -0.2) is 0 Å². The van der Waals surface area contributed by atoms with E-state index in [-0.39, 0.29) is 5.91 Å². The van der Waals surface area contributed by atoms with Gasteiger partial charge >= 0.3 is 0 Å². The summed E-state index contributed by atoms with van der Waals surface area (Å²) in [5.41, 5.74) is 5.84. The predicted octanol–water partition coefficient (Wildman–Crippen LogP) is 2.08. The van der Waals surface area contributed by atoms with E-state index in [0.29, 0.717) is 6.54 Å². The van der Waals surface area contributed by atoms with E-state index >= 15 is 0 Å². The van der Waals surface area contributed by atoms with E-state index in [1.165, 1.54) is 0 Å². The van der Waals surface area contributed by atoms with Gasteiger partial charge in [-0.3, -0.25) is 4.79 Å². The second-order valence-corrected chi connectivity index (χ2v) is 4.76. The monoisotopic (exact) mass is 258 g/mol. The number of nitrogens with two attached hydrogens (primary N) is 1. The van der Waals surface area contributed by atoms with Crippen LogP contribution in [0.3, 0.4) is 0 Å². The van der Waals surface area contributed by atoms with Crippen LogP contribution in [0.15, 0.2) is 46.9 Å². The minimum Gasteiger partial charge on any atom is -0.465 e. The molecule has 3 N–H and O–H groups in total. The summed E-state index contributed by atoms with van der Waals surface area (Å²) in [7, 11) is 0. The molecule has 0 aliphatic rings. The fourth-order valence-electron chi connectivity index (χ4n) is 1.85. The first-order valence-electron chi connectivity index (χ1n) is 6.18. The Morgan fingerprint density at radius 2 is 1.95 bits per heavy atom. The Hall–Kier alpha value is -2.07. The summed E-state index contributed by atoms with van der Waals surface area (Å²) in [5, 5.41) is 2.79. The van der Waals surface area contributed by atoms with Crippen LogP contribution in [0, 0.1) is 6.92 Å². The summed E-state index contributed by atoms with van der Waals surface area (Å²) in [6.45, 7) is 3.90. The molecule has 0 saturated carbocycles.